The van der Waals surface area contributed by atoms with Crippen LogP contribution in [0.3, 0.4) is 0 Å². The third kappa shape index (κ3) is 8.10. The first-order valence-electron chi connectivity index (χ1n) is 10.8. The van der Waals surface area contributed by atoms with Crippen molar-refractivity contribution >= 4 is 35.8 Å². The lowest BCUT2D eigenvalue weighted by molar-refractivity contribution is -0.128. The standard InChI is InChI=1S/C22H37N5O.HI/c1-5-18(6-2)19-11-15-27(17-19)22(23-7-3)25-16-21(28)26(4)14-12-20-10-8-9-13-24-20;/h8-10,13,18-19H,5-7,11-12,14-17H2,1-4H3,(H,23,25);1H. The van der Waals surface area contributed by atoms with Gasteiger partial charge in [0.25, 0.3) is 0 Å². The first-order valence-corrected chi connectivity index (χ1v) is 10.8. The predicted molar refractivity (Wildman–Crippen MR) is 131 cm³/mol. The summed E-state index contributed by atoms with van der Waals surface area (Å²) in [6.07, 6.45) is 6.24. The molecule has 1 unspecified atom stereocenters. The summed E-state index contributed by atoms with van der Waals surface area (Å²) in [7, 11) is 1.84. The average Bonchev–Trinajstić information content (AvgIpc) is 3.20. The Labute approximate surface area is 193 Å². The van der Waals surface area contributed by atoms with E-state index in [1.165, 1.54) is 19.3 Å². The largest absolute Gasteiger partial charge is 0.357 e. The molecule has 7 heteroatoms. The molecule has 1 aliphatic heterocycles. The fourth-order valence-corrected chi connectivity index (χ4v) is 3.96. The van der Waals surface area contributed by atoms with E-state index in [9.17, 15) is 4.79 Å². The Kier molecular flexibility index (Phi) is 12.2. The van der Waals surface area contributed by atoms with Crippen LogP contribution in [0.5, 0.6) is 0 Å². The number of likely N-dealkylation sites (tertiary alicyclic amines) is 1. The molecule has 1 amide bonds. The summed E-state index contributed by atoms with van der Waals surface area (Å²) in [4.78, 5) is 25.5. The molecule has 1 N–H and O–H groups in total. The average molecular weight is 515 g/mol. The number of nitrogens with one attached hydrogen (secondary N) is 1. The number of hydrogen-bond donors (Lipinski definition) is 1. The Morgan fingerprint density at radius 1 is 1.34 bits per heavy atom. The summed E-state index contributed by atoms with van der Waals surface area (Å²) in [5, 5.41) is 3.37. The van der Waals surface area contributed by atoms with Crippen LogP contribution in [-0.2, 0) is 11.2 Å². The van der Waals surface area contributed by atoms with Gasteiger partial charge in [-0.1, -0.05) is 32.8 Å². The number of hydrogen-bond acceptors (Lipinski definition) is 3. The Morgan fingerprint density at radius 2 is 2.10 bits per heavy atom. The molecule has 1 aromatic rings. The summed E-state index contributed by atoms with van der Waals surface area (Å²) < 4.78 is 0. The molecule has 1 aliphatic rings. The van der Waals surface area contributed by atoms with Gasteiger partial charge in [0.2, 0.25) is 5.91 Å². The molecule has 1 aromatic heterocycles. The fourth-order valence-electron chi connectivity index (χ4n) is 3.96. The number of amides is 1. The van der Waals surface area contributed by atoms with E-state index in [1.54, 1.807) is 11.1 Å². The second-order valence-corrected chi connectivity index (χ2v) is 7.63. The van der Waals surface area contributed by atoms with Crippen LogP contribution >= 0.6 is 24.0 Å². The van der Waals surface area contributed by atoms with Crippen LogP contribution in [0.4, 0.5) is 0 Å². The Hall–Kier alpha value is -1.38. The molecule has 1 atom stereocenters. The number of aromatic nitrogens is 1. The van der Waals surface area contributed by atoms with Crippen molar-refractivity contribution in [3.63, 3.8) is 0 Å². The third-order valence-electron chi connectivity index (χ3n) is 5.79. The van der Waals surface area contributed by atoms with Crippen molar-refractivity contribution in [2.24, 2.45) is 16.8 Å². The maximum absolute atomic E-state index is 12.5. The van der Waals surface area contributed by atoms with Gasteiger partial charge in [-0.15, -0.1) is 24.0 Å². The summed E-state index contributed by atoms with van der Waals surface area (Å²) in [6, 6.07) is 5.87. The molecule has 0 bridgehead atoms. The number of pyridine rings is 1. The van der Waals surface area contributed by atoms with E-state index in [0.717, 1.165) is 49.5 Å². The van der Waals surface area contributed by atoms with Crippen LogP contribution in [0.2, 0.25) is 0 Å². The minimum Gasteiger partial charge on any atom is -0.357 e. The molecular formula is C22H38IN5O. The highest BCUT2D eigenvalue weighted by atomic mass is 127. The van der Waals surface area contributed by atoms with E-state index < -0.39 is 0 Å². The van der Waals surface area contributed by atoms with Gasteiger partial charge in [0.1, 0.15) is 6.54 Å². The second-order valence-electron chi connectivity index (χ2n) is 7.63. The molecule has 0 spiro atoms. The van der Waals surface area contributed by atoms with Crippen LogP contribution in [0, 0.1) is 11.8 Å². The topological polar surface area (TPSA) is 60.8 Å². The molecule has 1 saturated heterocycles. The zero-order valence-electron chi connectivity index (χ0n) is 18.4. The molecule has 0 aromatic carbocycles. The van der Waals surface area contributed by atoms with Crippen LogP contribution in [0.15, 0.2) is 29.4 Å². The number of rotatable bonds is 9. The Balaban J connectivity index is 0.00000420. The van der Waals surface area contributed by atoms with Crippen molar-refractivity contribution in [3.8, 4) is 0 Å². The van der Waals surface area contributed by atoms with Crippen molar-refractivity contribution in [2.45, 2.75) is 46.5 Å². The number of carbonyl (C=O) groups is 1. The van der Waals surface area contributed by atoms with Gasteiger partial charge in [-0.3, -0.25) is 9.78 Å². The van der Waals surface area contributed by atoms with Crippen molar-refractivity contribution in [1.82, 2.24) is 20.1 Å². The quantitative estimate of drug-likeness (QED) is 0.311. The van der Waals surface area contributed by atoms with Gasteiger partial charge >= 0.3 is 0 Å². The Morgan fingerprint density at radius 3 is 2.72 bits per heavy atom. The van der Waals surface area contributed by atoms with Gasteiger partial charge in [-0.05, 0) is 37.3 Å². The zero-order valence-corrected chi connectivity index (χ0v) is 20.8. The summed E-state index contributed by atoms with van der Waals surface area (Å²) >= 11 is 0. The van der Waals surface area contributed by atoms with E-state index in [4.69, 9.17) is 0 Å². The monoisotopic (exact) mass is 515 g/mol. The summed E-state index contributed by atoms with van der Waals surface area (Å²) in [6.45, 7) is 10.4. The molecule has 2 rings (SSSR count). The highest BCUT2D eigenvalue weighted by Gasteiger charge is 2.29. The lowest BCUT2D eigenvalue weighted by Crippen LogP contribution is -2.41. The van der Waals surface area contributed by atoms with Crippen molar-refractivity contribution in [1.29, 1.82) is 0 Å². The number of halogens is 1. The highest BCUT2D eigenvalue weighted by molar-refractivity contribution is 14.0. The van der Waals surface area contributed by atoms with Gasteiger partial charge in [0, 0.05) is 51.5 Å². The van der Waals surface area contributed by atoms with E-state index in [1.807, 2.05) is 25.2 Å². The Bertz CT molecular complexity index is 621. The number of carbonyl (C=O) groups excluding carboxylic acids is 1. The molecular weight excluding hydrogens is 477 g/mol. The molecule has 29 heavy (non-hydrogen) atoms. The number of aliphatic imine (C=N–C) groups is 1. The minimum atomic E-state index is 0. The van der Waals surface area contributed by atoms with Crippen molar-refractivity contribution in [3.05, 3.63) is 30.1 Å². The van der Waals surface area contributed by atoms with Gasteiger partial charge in [0.05, 0.1) is 0 Å². The maximum Gasteiger partial charge on any atom is 0.244 e. The van der Waals surface area contributed by atoms with Crippen LogP contribution in [0.1, 0.15) is 45.7 Å². The van der Waals surface area contributed by atoms with Gasteiger partial charge in [-0.25, -0.2) is 4.99 Å². The molecule has 1 fully saturated rings. The molecule has 164 valence electrons. The van der Waals surface area contributed by atoms with Crippen molar-refractivity contribution < 1.29 is 4.79 Å². The summed E-state index contributed by atoms with van der Waals surface area (Å²) in [5.74, 6) is 2.44. The van der Waals surface area contributed by atoms with Gasteiger partial charge in [-0.2, -0.15) is 0 Å². The van der Waals surface area contributed by atoms with Crippen molar-refractivity contribution in [2.75, 3.05) is 39.8 Å². The number of nitrogens with zero attached hydrogens (tertiary/aromatic N) is 4. The highest BCUT2D eigenvalue weighted by Crippen LogP contribution is 2.28. The van der Waals surface area contributed by atoms with E-state index >= 15 is 0 Å². The van der Waals surface area contributed by atoms with Crippen LogP contribution < -0.4 is 5.32 Å². The minimum absolute atomic E-state index is 0. The predicted octanol–water partition coefficient (Wildman–Crippen LogP) is 3.42. The lowest BCUT2D eigenvalue weighted by atomic mass is 9.87. The smallest absolute Gasteiger partial charge is 0.244 e. The van der Waals surface area contributed by atoms with E-state index in [2.05, 4.69) is 41.0 Å². The fraction of sp³-hybridized carbons (Fsp3) is 0.682. The van der Waals surface area contributed by atoms with E-state index in [-0.39, 0.29) is 36.4 Å². The van der Waals surface area contributed by atoms with Gasteiger partial charge in [0.15, 0.2) is 5.96 Å². The third-order valence-corrected chi connectivity index (χ3v) is 5.79. The van der Waals surface area contributed by atoms with Crippen LogP contribution in [0.25, 0.3) is 0 Å². The second kappa shape index (κ2) is 13.8. The van der Waals surface area contributed by atoms with Crippen LogP contribution in [-0.4, -0.2) is 66.4 Å². The molecule has 6 nitrogen and oxygen atoms in total. The molecule has 0 saturated carbocycles. The normalized spacial score (nSPS) is 16.7. The first-order chi connectivity index (χ1) is 13.6. The number of likely N-dealkylation sites (N-methyl/N-ethyl adjacent to an activating group) is 1. The zero-order chi connectivity index (χ0) is 20.4. The summed E-state index contributed by atoms with van der Waals surface area (Å²) in [5.41, 5.74) is 1.00. The first kappa shape index (κ1) is 25.7. The molecule has 2 heterocycles. The molecule has 0 radical (unpaired) electrons. The van der Waals surface area contributed by atoms with E-state index in [0.29, 0.717) is 6.54 Å². The number of guanidine groups is 1. The molecule has 0 aliphatic carbocycles. The lowest BCUT2D eigenvalue weighted by Gasteiger charge is -2.24. The SMILES string of the molecule is CCNC(=NCC(=O)N(C)CCc1ccccn1)N1CCC(C(CC)CC)C1.I. The maximum atomic E-state index is 12.5. The van der Waals surface area contributed by atoms with Gasteiger partial charge < -0.3 is 15.1 Å².